The molecule has 0 spiro atoms. The Morgan fingerprint density at radius 2 is 1.91 bits per heavy atom. The molecule has 1 N–H and O–H groups in total. The van der Waals surface area contributed by atoms with E-state index in [2.05, 4.69) is 4.98 Å². The van der Waals surface area contributed by atoms with E-state index in [1.165, 1.54) is 0 Å². The number of carboxylic acids is 1. The van der Waals surface area contributed by atoms with Crippen LogP contribution >= 0.6 is 0 Å². The molecule has 23 heavy (non-hydrogen) atoms. The van der Waals surface area contributed by atoms with Gasteiger partial charge in [-0.05, 0) is 30.5 Å². The molecule has 2 aromatic carbocycles. The molecule has 1 aromatic heterocycles. The first-order valence-corrected chi connectivity index (χ1v) is 7.50. The first-order valence-electron chi connectivity index (χ1n) is 7.50. The number of benzene rings is 2. The van der Waals surface area contributed by atoms with Crippen molar-refractivity contribution in [1.29, 1.82) is 0 Å². The molecule has 0 fully saturated rings. The molecule has 1 unspecified atom stereocenters. The Balaban J connectivity index is 1.78. The molecule has 1 atom stereocenters. The molecule has 1 heterocycles. The molecule has 0 aliphatic rings. The van der Waals surface area contributed by atoms with Gasteiger partial charge in [0.15, 0.2) is 6.10 Å². The van der Waals surface area contributed by atoms with Crippen LogP contribution in [0.5, 0.6) is 5.75 Å². The van der Waals surface area contributed by atoms with Crippen LogP contribution in [0.1, 0.15) is 12.0 Å². The summed E-state index contributed by atoms with van der Waals surface area (Å²) in [5.74, 6) is -0.377. The van der Waals surface area contributed by atoms with Crippen molar-refractivity contribution in [2.45, 2.75) is 18.9 Å². The number of ether oxygens (including phenoxy) is 1. The summed E-state index contributed by atoms with van der Waals surface area (Å²) in [7, 11) is 0. The topological polar surface area (TPSA) is 59.4 Å². The minimum absolute atomic E-state index is 0.417. The van der Waals surface area contributed by atoms with Crippen LogP contribution < -0.4 is 4.74 Å². The van der Waals surface area contributed by atoms with E-state index in [0.29, 0.717) is 18.6 Å². The zero-order valence-corrected chi connectivity index (χ0v) is 12.6. The largest absolute Gasteiger partial charge is 0.479 e. The lowest BCUT2D eigenvalue weighted by atomic mass is 10.1. The van der Waals surface area contributed by atoms with Gasteiger partial charge in [-0.1, -0.05) is 42.5 Å². The number of pyridine rings is 1. The van der Waals surface area contributed by atoms with E-state index in [1.807, 2.05) is 48.5 Å². The van der Waals surface area contributed by atoms with Crippen molar-refractivity contribution in [1.82, 2.24) is 4.98 Å². The van der Waals surface area contributed by atoms with Crippen molar-refractivity contribution in [3.63, 3.8) is 0 Å². The maximum Gasteiger partial charge on any atom is 0.344 e. The van der Waals surface area contributed by atoms with Gasteiger partial charge in [0.25, 0.3) is 0 Å². The number of fused-ring (bicyclic) bond motifs is 1. The quantitative estimate of drug-likeness (QED) is 0.754. The Bertz CT molecular complexity index is 797. The molecular weight excluding hydrogens is 290 g/mol. The molecule has 0 radical (unpaired) electrons. The summed E-state index contributed by atoms with van der Waals surface area (Å²) < 4.78 is 5.78. The van der Waals surface area contributed by atoms with Gasteiger partial charge in [0.1, 0.15) is 5.75 Å². The predicted octanol–water partition coefficient (Wildman–Crippen LogP) is 3.70. The first kappa shape index (κ1) is 15.0. The summed E-state index contributed by atoms with van der Waals surface area (Å²) in [6.45, 7) is 0. The van der Waals surface area contributed by atoms with Crippen LogP contribution in [0.4, 0.5) is 0 Å². The second-order valence-electron chi connectivity index (χ2n) is 5.32. The van der Waals surface area contributed by atoms with E-state index in [9.17, 15) is 9.90 Å². The van der Waals surface area contributed by atoms with Gasteiger partial charge in [-0.2, -0.15) is 0 Å². The van der Waals surface area contributed by atoms with Crippen molar-refractivity contribution in [2.24, 2.45) is 0 Å². The van der Waals surface area contributed by atoms with Gasteiger partial charge in [0.05, 0.1) is 0 Å². The summed E-state index contributed by atoms with van der Waals surface area (Å²) in [6.07, 6.45) is 3.61. The Kier molecular flexibility index (Phi) is 4.52. The van der Waals surface area contributed by atoms with Gasteiger partial charge in [-0.15, -0.1) is 0 Å². The minimum Gasteiger partial charge on any atom is -0.479 e. The lowest BCUT2D eigenvalue weighted by Gasteiger charge is -2.16. The maximum absolute atomic E-state index is 11.5. The van der Waals surface area contributed by atoms with E-state index in [-0.39, 0.29) is 0 Å². The summed E-state index contributed by atoms with van der Waals surface area (Å²) in [6, 6.07) is 17.2. The summed E-state index contributed by atoms with van der Waals surface area (Å²) >= 11 is 0. The molecule has 0 saturated heterocycles. The molecule has 0 amide bonds. The van der Waals surface area contributed by atoms with Gasteiger partial charge < -0.3 is 9.84 Å². The van der Waals surface area contributed by atoms with Gasteiger partial charge >= 0.3 is 5.97 Å². The van der Waals surface area contributed by atoms with Crippen molar-refractivity contribution in [3.8, 4) is 5.75 Å². The molecule has 116 valence electrons. The first-order chi connectivity index (χ1) is 11.2. The standard InChI is InChI=1S/C19H17NO3/c21-19(22)18(10-9-14-5-2-1-3-6-14)23-17-8-4-7-15-13-20-12-11-16(15)17/h1-8,11-13,18H,9-10H2,(H,21,22). The smallest absolute Gasteiger partial charge is 0.344 e. The third-order valence-corrected chi connectivity index (χ3v) is 3.72. The molecule has 3 aromatic rings. The molecule has 0 bridgehead atoms. The Morgan fingerprint density at radius 3 is 2.70 bits per heavy atom. The predicted molar refractivity (Wildman–Crippen MR) is 88.6 cm³/mol. The molecule has 4 nitrogen and oxygen atoms in total. The fourth-order valence-electron chi connectivity index (χ4n) is 2.52. The van der Waals surface area contributed by atoms with Crippen LogP contribution in [0.2, 0.25) is 0 Å². The average molecular weight is 307 g/mol. The maximum atomic E-state index is 11.5. The SMILES string of the molecule is O=C(O)C(CCc1ccccc1)Oc1cccc2cnccc12. The van der Waals surface area contributed by atoms with Gasteiger partial charge in [0, 0.05) is 23.2 Å². The molecular formula is C19H17NO3. The fourth-order valence-corrected chi connectivity index (χ4v) is 2.52. The fraction of sp³-hybridized carbons (Fsp3) is 0.158. The van der Waals surface area contributed by atoms with Crippen LogP contribution in [-0.4, -0.2) is 22.2 Å². The summed E-state index contributed by atoms with van der Waals surface area (Å²) in [5, 5.41) is 11.2. The number of aromatic nitrogens is 1. The number of carboxylic acid groups (broad SMARTS) is 1. The number of hydrogen-bond acceptors (Lipinski definition) is 3. The van der Waals surface area contributed by atoms with Crippen LogP contribution in [0.3, 0.4) is 0 Å². The summed E-state index contributed by atoms with van der Waals surface area (Å²) in [5.41, 5.74) is 1.10. The monoisotopic (exact) mass is 307 g/mol. The van der Waals surface area contributed by atoms with E-state index in [0.717, 1.165) is 16.3 Å². The minimum atomic E-state index is -0.952. The van der Waals surface area contributed by atoms with Gasteiger partial charge in [-0.25, -0.2) is 4.79 Å². The zero-order chi connectivity index (χ0) is 16.1. The third kappa shape index (κ3) is 3.66. The van der Waals surface area contributed by atoms with Gasteiger partial charge in [0.2, 0.25) is 0 Å². The number of nitrogens with zero attached hydrogens (tertiary/aromatic N) is 1. The molecule has 3 rings (SSSR count). The molecule has 0 aliphatic heterocycles. The highest BCUT2D eigenvalue weighted by Gasteiger charge is 2.20. The number of hydrogen-bond donors (Lipinski definition) is 1. The van der Waals surface area contributed by atoms with E-state index >= 15 is 0 Å². The second kappa shape index (κ2) is 6.92. The van der Waals surface area contributed by atoms with Crippen LogP contribution in [0.15, 0.2) is 67.0 Å². The molecule has 0 saturated carbocycles. The van der Waals surface area contributed by atoms with Crippen LogP contribution in [0.25, 0.3) is 10.8 Å². The van der Waals surface area contributed by atoms with Crippen LogP contribution in [-0.2, 0) is 11.2 Å². The highest BCUT2D eigenvalue weighted by Crippen LogP contribution is 2.26. The average Bonchev–Trinajstić information content (AvgIpc) is 2.59. The lowest BCUT2D eigenvalue weighted by Crippen LogP contribution is -2.27. The Hall–Kier alpha value is -2.88. The van der Waals surface area contributed by atoms with Gasteiger partial charge in [-0.3, -0.25) is 4.98 Å². The number of aryl methyl sites for hydroxylation is 1. The van der Waals surface area contributed by atoms with Crippen molar-refractivity contribution in [3.05, 3.63) is 72.6 Å². The van der Waals surface area contributed by atoms with E-state index < -0.39 is 12.1 Å². The van der Waals surface area contributed by atoms with Crippen LogP contribution in [0, 0.1) is 0 Å². The zero-order valence-electron chi connectivity index (χ0n) is 12.6. The number of carbonyl (C=O) groups is 1. The van der Waals surface area contributed by atoms with Crippen molar-refractivity contribution >= 4 is 16.7 Å². The van der Waals surface area contributed by atoms with Crippen molar-refractivity contribution in [2.75, 3.05) is 0 Å². The second-order valence-corrected chi connectivity index (χ2v) is 5.32. The van der Waals surface area contributed by atoms with Crippen molar-refractivity contribution < 1.29 is 14.6 Å². The van der Waals surface area contributed by atoms with E-state index in [1.54, 1.807) is 18.5 Å². The molecule has 4 heteroatoms. The normalized spacial score (nSPS) is 12.0. The third-order valence-electron chi connectivity index (χ3n) is 3.72. The highest BCUT2D eigenvalue weighted by atomic mass is 16.5. The highest BCUT2D eigenvalue weighted by molar-refractivity contribution is 5.87. The number of rotatable bonds is 6. The lowest BCUT2D eigenvalue weighted by molar-refractivity contribution is -0.145. The number of aliphatic carboxylic acids is 1. The van der Waals surface area contributed by atoms with E-state index in [4.69, 9.17) is 4.74 Å². The summed E-state index contributed by atoms with van der Waals surface area (Å²) in [4.78, 5) is 15.6. The molecule has 0 aliphatic carbocycles. The Labute approximate surface area is 134 Å². The Morgan fingerprint density at radius 1 is 1.09 bits per heavy atom.